The van der Waals surface area contributed by atoms with Gasteiger partial charge in [0.25, 0.3) is 10.1 Å². The van der Waals surface area contributed by atoms with Gasteiger partial charge < -0.3 is 0 Å². The van der Waals surface area contributed by atoms with Crippen LogP contribution in [-0.2, 0) is 10.1 Å². The van der Waals surface area contributed by atoms with Gasteiger partial charge in [-0.2, -0.15) is 8.42 Å². The highest BCUT2D eigenvalue weighted by Crippen LogP contribution is 2.21. The van der Waals surface area contributed by atoms with E-state index in [0.29, 0.717) is 4.43 Å². The maximum atomic E-state index is 10.5. The third kappa shape index (κ3) is 4.21. The third-order valence-corrected chi connectivity index (χ3v) is 10.1. The van der Waals surface area contributed by atoms with E-state index in [9.17, 15) is 8.42 Å². The van der Waals surface area contributed by atoms with Crippen LogP contribution in [0.2, 0.25) is 0 Å². The molecule has 0 fully saturated rings. The smallest absolute Gasteiger partial charge is 0.278 e. The van der Waals surface area contributed by atoms with Crippen LogP contribution in [0.3, 0.4) is 0 Å². The van der Waals surface area contributed by atoms with Gasteiger partial charge in [-0.1, -0.05) is 67.8 Å². The summed E-state index contributed by atoms with van der Waals surface area (Å²) in [6.45, 7) is 0. The van der Waals surface area contributed by atoms with Crippen molar-refractivity contribution in [1.29, 1.82) is 0 Å². The third-order valence-electron chi connectivity index (χ3n) is 0.716. The van der Waals surface area contributed by atoms with Crippen LogP contribution in [0.25, 0.3) is 0 Å². The van der Waals surface area contributed by atoms with Crippen LogP contribution in [0.15, 0.2) is 0 Å². The average molecular weight is 502 g/mol. The zero-order valence-corrected chi connectivity index (χ0v) is 12.0. The molecule has 0 spiro atoms. The molecule has 0 amide bonds. The van der Waals surface area contributed by atoms with Gasteiger partial charge in [-0.25, -0.2) is 0 Å². The van der Waals surface area contributed by atoms with E-state index in [1.807, 2.05) is 22.6 Å². The van der Waals surface area contributed by atoms with E-state index in [-0.39, 0.29) is 3.92 Å². The van der Waals surface area contributed by atoms with Crippen molar-refractivity contribution in [3.63, 3.8) is 0 Å². The van der Waals surface area contributed by atoms with E-state index >= 15 is 0 Å². The standard InChI is InChI=1S/C3H5I3O3S/c4-1-2(5)3(6)10(7,8)9/h2-3H,1H2,(H,7,8,9). The largest absolute Gasteiger partial charge is 0.285 e. The molecule has 0 saturated heterocycles. The maximum Gasteiger partial charge on any atom is 0.278 e. The summed E-state index contributed by atoms with van der Waals surface area (Å²) in [5.41, 5.74) is 0. The van der Waals surface area contributed by atoms with Gasteiger partial charge in [0.2, 0.25) is 0 Å². The zero-order valence-electron chi connectivity index (χ0n) is 4.67. The zero-order chi connectivity index (χ0) is 8.36. The molecule has 1 N–H and O–H groups in total. The summed E-state index contributed by atoms with van der Waals surface area (Å²) >= 11 is 5.81. The summed E-state index contributed by atoms with van der Waals surface area (Å²) in [6.07, 6.45) is 0. The molecule has 62 valence electrons. The van der Waals surface area contributed by atoms with Gasteiger partial charge in [-0.15, -0.1) is 0 Å². The van der Waals surface area contributed by atoms with Crippen molar-refractivity contribution in [2.75, 3.05) is 4.43 Å². The molecule has 0 rings (SSSR count). The molecule has 3 nitrogen and oxygen atoms in total. The Morgan fingerprint density at radius 1 is 1.40 bits per heavy atom. The van der Waals surface area contributed by atoms with Crippen molar-refractivity contribution in [1.82, 2.24) is 0 Å². The fraction of sp³-hybridized carbons (Fsp3) is 1.00. The molecular formula is C3H5I3O3S. The summed E-state index contributed by atoms with van der Waals surface area (Å²) < 4.78 is 29.5. The lowest BCUT2D eigenvalue weighted by molar-refractivity contribution is 0.482. The fourth-order valence-electron chi connectivity index (χ4n) is 0.257. The fourth-order valence-corrected chi connectivity index (χ4v) is 3.92. The number of rotatable bonds is 3. The number of hydrogen-bond acceptors (Lipinski definition) is 2. The normalized spacial score (nSPS) is 18.4. The predicted octanol–water partition coefficient (Wildman–Crippen LogP) is 1.87. The van der Waals surface area contributed by atoms with Crippen molar-refractivity contribution in [2.24, 2.45) is 0 Å². The maximum absolute atomic E-state index is 10.5. The highest BCUT2D eigenvalue weighted by Gasteiger charge is 2.26. The van der Waals surface area contributed by atoms with Crippen molar-refractivity contribution in [3.8, 4) is 0 Å². The Bertz CT molecular complexity index is 189. The average Bonchev–Trinajstić information content (AvgIpc) is 1.83. The lowest BCUT2D eigenvalue weighted by Gasteiger charge is -2.09. The SMILES string of the molecule is O=S(=O)(O)C(I)C(I)CI. The molecule has 0 aliphatic carbocycles. The van der Waals surface area contributed by atoms with E-state index in [4.69, 9.17) is 4.55 Å². The monoisotopic (exact) mass is 502 g/mol. The minimum Gasteiger partial charge on any atom is -0.285 e. The van der Waals surface area contributed by atoms with E-state index in [0.717, 1.165) is 0 Å². The Labute approximate surface area is 101 Å². The highest BCUT2D eigenvalue weighted by atomic mass is 127. The van der Waals surface area contributed by atoms with Crippen LogP contribution in [-0.4, -0.2) is 24.6 Å². The Balaban J connectivity index is 4.23. The molecule has 0 saturated carbocycles. The van der Waals surface area contributed by atoms with E-state index in [1.165, 1.54) is 0 Å². The second-order valence-corrected chi connectivity index (χ2v) is 7.74. The van der Waals surface area contributed by atoms with Crippen molar-refractivity contribution in [3.05, 3.63) is 0 Å². The Morgan fingerprint density at radius 3 is 1.90 bits per heavy atom. The van der Waals surface area contributed by atoms with Crippen LogP contribution in [0.1, 0.15) is 0 Å². The van der Waals surface area contributed by atoms with Crippen molar-refractivity contribution >= 4 is 77.9 Å². The van der Waals surface area contributed by atoms with Crippen LogP contribution < -0.4 is 0 Å². The summed E-state index contributed by atoms with van der Waals surface area (Å²) in [5, 5.41) is 0. The molecule has 0 heterocycles. The Hall–Kier alpha value is 2.10. The van der Waals surface area contributed by atoms with Crippen LogP contribution >= 0.6 is 67.8 Å². The molecule has 2 atom stereocenters. The van der Waals surface area contributed by atoms with Gasteiger partial charge in [0.05, 0.1) is 0 Å². The van der Waals surface area contributed by atoms with E-state index in [1.54, 1.807) is 22.6 Å². The summed E-state index contributed by atoms with van der Waals surface area (Å²) in [5.74, 6) is 0. The molecule has 7 heteroatoms. The Morgan fingerprint density at radius 2 is 1.80 bits per heavy atom. The summed E-state index contributed by atoms with van der Waals surface area (Å²) in [4.78, 5) is 0. The van der Waals surface area contributed by atoms with Crippen molar-refractivity contribution in [2.45, 2.75) is 7.18 Å². The van der Waals surface area contributed by atoms with Gasteiger partial charge in [0.15, 0.2) is 3.26 Å². The molecule has 0 aliphatic heterocycles. The molecule has 0 aliphatic rings. The molecule has 0 radical (unpaired) electrons. The minimum absolute atomic E-state index is 0.0335. The summed E-state index contributed by atoms with van der Waals surface area (Å²) in [6, 6.07) is 0. The lowest BCUT2D eigenvalue weighted by atomic mass is 10.6. The first-order valence-electron chi connectivity index (χ1n) is 2.20. The van der Waals surface area contributed by atoms with Crippen molar-refractivity contribution < 1.29 is 13.0 Å². The topological polar surface area (TPSA) is 54.4 Å². The van der Waals surface area contributed by atoms with Crippen LogP contribution in [0.4, 0.5) is 0 Å². The number of hydrogen-bond donors (Lipinski definition) is 1. The first-order chi connectivity index (χ1) is 4.39. The quantitative estimate of drug-likeness (QED) is 0.365. The minimum atomic E-state index is -3.84. The lowest BCUT2D eigenvalue weighted by Crippen LogP contribution is -2.24. The second kappa shape index (κ2) is 4.97. The van der Waals surface area contributed by atoms with Gasteiger partial charge in [0.1, 0.15) is 0 Å². The second-order valence-electron chi connectivity index (χ2n) is 1.54. The van der Waals surface area contributed by atoms with Crippen LogP contribution in [0, 0.1) is 0 Å². The molecule has 0 aromatic carbocycles. The molecule has 0 bridgehead atoms. The number of alkyl halides is 3. The van der Waals surface area contributed by atoms with Gasteiger partial charge in [-0.05, 0) is 0 Å². The van der Waals surface area contributed by atoms with E-state index < -0.39 is 13.4 Å². The molecule has 10 heavy (non-hydrogen) atoms. The first-order valence-corrected chi connectivity index (χ1v) is 7.72. The molecule has 2 unspecified atom stereocenters. The Kier molecular flexibility index (Phi) is 6.01. The van der Waals surface area contributed by atoms with E-state index in [2.05, 4.69) is 22.6 Å². The van der Waals surface area contributed by atoms with Gasteiger partial charge in [-0.3, -0.25) is 4.55 Å². The molecule has 0 aromatic heterocycles. The van der Waals surface area contributed by atoms with Gasteiger partial charge in [0, 0.05) is 8.35 Å². The van der Waals surface area contributed by atoms with Crippen LogP contribution in [0.5, 0.6) is 0 Å². The molecular weight excluding hydrogens is 497 g/mol. The highest BCUT2D eigenvalue weighted by molar-refractivity contribution is 14.1. The first kappa shape index (κ1) is 12.1. The molecule has 0 aromatic rings. The summed E-state index contributed by atoms with van der Waals surface area (Å²) in [7, 11) is -3.84. The van der Waals surface area contributed by atoms with Gasteiger partial charge >= 0.3 is 0 Å². The predicted molar refractivity (Wildman–Crippen MR) is 66.1 cm³/mol. The number of halogens is 3.